The molecular formula is C16H24BrNO. The van der Waals surface area contributed by atoms with Crippen molar-refractivity contribution in [3.05, 3.63) is 28.2 Å². The molecule has 1 aromatic carbocycles. The van der Waals surface area contributed by atoms with E-state index >= 15 is 0 Å². The van der Waals surface area contributed by atoms with Crippen LogP contribution in [0.4, 0.5) is 0 Å². The first-order valence-electron chi connectivity index (χ1n) is 7.41. The van der Waals surface area contributed by atoms with Crippen molar-refractivity contribution in [3.8, 4) is 5.75 Å². The largest absolute Gasteiger partial charge is 0.507 e. The number of aromatic hydroxyl groups is 1. The summed E-state index contributed by atoms with van der Waals surface area (Å²) in [5.41, 5.74) is 1.22. The van der Waals surface area contributed by atoms with Crippen LogP contribution >= 0.6 is 15.9 Å². The zero-order valence-corrected chi connectivity index (χ0v) is 13.2. The van der Waals surface area contributed by atoms with Crippen molar-refractivity contribution >= 4 is 15.9 Å². The minimum absolute atomic E-state index is 0.308. The highest BCUT2D eigenvalue weighted by Crippen LogP contribution is 2.28. The van der Waals surface area contributed by atoms with Gasteiger partial charge in [0.1, 0.15) is 5.75 Å². The van der Waals surface area contributed by atoms with E-state index in [9.17, 15) is 5.11 Å². The topological polar surface area (TPSA) is 32.3 Å². The molecule has 2 nitrogen and oxygen atoms in total. The lowest BCUT2D eigenvalue weighted by molar-refractivity contribution is 0.261. The molecule has 1 saturated carbocycles. The standard InChI is InChI=1S/C16H24BrNO/c1-2-15(13-6-4-3-5-7-13)18-11-12-8-9-16(19)14(17)10-12/h8-10,13,15,18-19H,2-7,11H2,1H3. The molecule has 1 aliphatic rings. The third kappa shape index (κ3) is 4.22. The highest BCUT2D eigenvalue weighted by atomic mass is 79.9. The average molecular weight is 326 g/mol. The van der Waals surface area contributed by atoms with E-state index in [4.69, 9.17) is 0 Å². The van der Waals surface area contributed by atoms with Crippen LogP contribution in [-0.2, 0) is 6.54 Å². The van der Waals surface area contributed by atoms with Gasteiger partial charge < -0.3 is 10.4 Å². The second kappa shape index (κ2) is 7.30. The van der Waals surface area contributed by atoms with Crippen LogP contribution in [0.15, 0.2) is 22.7 Å². The summed E-state index contributed by atoms with van der Waals surface area (Å²) >= 11 is 3.37. The van der Waals surface area contributed by atoms with Gasteiger partial charge in [-0.2, -0.15) is 0 Å². The lowest BCUT2D eigenvalue weighted by Crippen LogP contribution is -2.36. The molecule has 0 aromatic heterocycles. The molecule has 1 fully saturated rings. The molecule has 0 radical (unpaired) electrons. The van der Waals surface area contributed by atoms with Crippen molar-refractivity contribution in [1.82, 2.24) is 5.32 Å². The Morgan fingerprint density at radius 2 is 2.05 bits per heavy atom. The predicted octanol–water partition coefficient (Wildman–Crippen LogP) is 4.60. The zero-order chi connectivity index (χ0) is 13.7. The third-order valence-electron chi connectivity index (χ3n) is 4.24. The number of hydrogen-bond acceptors (Lipinski definition) is 2. The summed E-state index contributed by atoms with van der Waals surface area (Å²) in [5, 5.41) is 13.2. The fourth-order valence-electron chi connectivity index (χ4n) is 3.09. The van der Waals surface area contributed by atoms with Crippen molar-refractivity contribution < 1.29 is 5.11 Å². The summed E-state index contributed by atoms with van der Waals surface area (Å²) in [7, 11) is 0. The Hall–Kier alpha value is -0.540. The molecule has 0 saturated heterocycles. The second-order valence-corrected chi connectivity index (χ2v) is 6.43. The zero-order valence-electron chi connectivity index (χ0n) is 11.7. The van der Waals surface area contributed by atoms with Crippen molar-refractivity contribution in [2.45, 2.75) is 58.0 Å². The van der Waals surface area contributed by atoms with Crippen molar-refractivity contribution in [3.63, 3.8) is 0 Å². The first-order chi connectivity index (χ1) is 9.20. The smallest absolute Gasteiger partial charge is 0.129 e. The van der Waals surface area contributed by atoms with Crippen LogP contribution in [0.2, 0.25) is 0 Å². The van der Waals surface area contributed by atoms with Gasteiger partial charge in [0.05, 0.1) is 4.47 Å². The van der Waals surface area contributed by atoms with Crippen LogP contribution in [0.5, 0.6) is 5.75 Å². The van der Waals surface area contributed by atoms with Gasteiger partial charge in [-0.25, -0.2) is 0 Å². The normalized spacial score (nSPS) is 18.4. The van der Waals surface area contributed by atoms with Crippen molar-refractivity contribution in [2.24, 2.45) is 5.92 Å². The molecule has 1 aromatic rings. The first kappa shape index (κ1) is 14.9. The Bertz CT molecular complexity index is 402. The van der Waals surface area contributed by atoms with Crippen LogP contribution in [0.25, 0.3) is 0 Å². The van der Waals surface area contributed by atoms with Crippen LogP contribution in [0.1, 0.15) is 51.0 Å². The van der Waals surface area contributed by atoms with Crippen LogP contribution in [0.3, 0.4) is 0 Å². The molecule has 1 atom stereocenters. The lowest BCUT2D eigenvalue weighted by atomic mass is 9.83. The van der Waals surface area contributed by atoms with Gasteiger partial charge in [0, 0.05) is 12.6 Å². The average Bonchev–Trinajstić information content (AvgIpc) is 2.44. The molecular weight excluding hydrogens is 302 g/mol. The number of halogens is 1. The Morgan fingerprint density at radius 1 is 1.32 bits per heavy atom. The number of nitrogens with one attached hydrogen (secondary N) is 1. The maximum Gasteiger partial charge on any atom is 0.129 e. The summed E-state index contributed by atoms with van der Waals surface area (Å²) in [6, 6.07) is 6.37. The number of hydrogen-bond donors (Lipinski definition) is 2. The highest BCUT2D eigenvalue weighted by molar-refractivity contribution is 9.10. The number of rotatable bonds is 5. The lowest BCUT2D eigenvalue weighted by Gasteiger charge is -2.30. The SMILES string of the molecule is CCC(NCc1ccc(O)c(Br)c1)C1CCCCC1. The molecule has 3 heteroatoms. The Kier molecular flexibility index (Phi) is 5.71. The first-order valence-corrected chi connectivity index (χ1v) is 8.20. The molecule has 19 heavy (non-hydrogen) atoms. The number of phenolic OH excluding ortho intramolecular Hbond substituents is 1. The second-order valence-electron chi connectivity index (χ2n) is 5.58. The Balaban J connectivity index is 1.89. The number of benzene rings is 1. The minimum atomic E-state index is 0.308. The van der Waals surface area contributed by atoms with E-state index < -0.39 is 0 Å². The third-order valence-corrected chi connectivity index (χ3v) is 4.87. The molecule has 1 aliphatic carbocycles. The molecule has 106 valence electrons. The molecule has 0 heterocycles. The Morgan fingerprint density at radius 3 is 2.68 bits per heavy atom. The summed E-state index contributed by atoms with van der Waals surface area (Å²) < 4.78 is 0.775. The van der Waals surface area contributed by atoms with E-state index in [1.165, 1.54) is 44.1 Å². The summed E-state index contributed by atoms with van der Waals surface area (Å²) in [5.74, 6) is 1.15. The van der Waals surface area contributed by atoms with E-state index in [0.717, 1.165) is 16.9 Å². The minimum Gasteiger partial charge on any atom is -0.507 e. The molecule has 0 aliphatic heterocycles. The van der Waals surface area contributed by atoms with Gasteiger partial charge >= 0.3 is 0 Å². The van der Waals surface area contributed by atoms with Gasteiger partial charge in [-0.1, -0.05) is 32.3 Å². The van der Waals surface area contributed by atoms with Crippen LogP contribution in [0, 0.1) is 5.92 Å². The molecule has 2 rings (SSSR count). The van der Waals surface area contributed by atoms with Gasteiger partial charge in [-0.15, -0.1) is 0 Å². The summed E-state index contributed by atoms with van der Waals surface area (Å²) in [6.07, 6.45) is 8.17. The Labute approximate surface area is 124 Å². The predicted molar refractivity (Wildman–Crippen MR) is 83.3 cm³/mol. The van der Waals surface area contributed by atoms with E-state index in [1.54, 1.807) is 6.07 Å². The molecule has 0 amide bonds. The monoisotopic (exact) mass is 325 g/mol. The maximum atomic E-state index is 9.50. The molecule has 0 bridgehead atoms. The van der Waals surface area contributed by atoms with Gasteiger partial charge in [-0.3, -0.25) is 0 Å². The quantitative estimate of drug-likeness (QED) is 0.828. The van der Waals surface area contributed by atoms with Gasteiger partial charge in [0.25, 0.3) is 0 Å². The van der Waals surface area contributed by atoms with Gasteiger partial charge in [-0.05, 0) is 58.8 Å². The maximum absolute atomic E-state index is 9.50. The van der Waals surface area contributed by atoms with E-state index in [-0.39, 0.29) is 0 Å². The molecule has 0 spiro atoms. The summed E-state index contributed by atoms with van der Waals surface area (Å²) in [6.45, 7) is 3.16. The number of phenols is 1. The van der Waals surface area contributed by atoms with Crippen molar-refractivity contribution in [2.75, 3.05) is 0 Å². The van der Waals surface area contributed by atoms with Gasteiger partial charge in [0.15, 0.2) is 0 Å². The summed E-state index contributed by atoms with van der Waals surface area (Å²) in [4.78, 5) is 0. The van der Waals surface area contributed by atoms with Crippen LogP contribution < -0.4 is 5.32 Å². The van der Waals surface area contributed by atoms with Gasteiger partial charge in [0.2, 0.25) is 0 Å². The fourth-order valence-corrected chi connectivity index (χ4v) is 3.52. The fraction of sp³-hybridized carbons (Fsp3) is 0.625. The highest BCUT2D eigenvalue weighted by Gasteiger charge is 2.21. The van der Waals surface area contributed by atoms with Crippen molar-refractivity contribution in [1.29, 1.82) is 0 Å². The van der Waals surface area contributed by atoms with Crippen LogP contribution in [-0.4, -0.2) is 11.1 Å². The molecule has 2 N–H and O–H groups in total. The van der Waals surface area contributed by atoms with E-state index in [2.05, 4.69) is 28.2 Å². The molecule has 1 unspecified atom stereocenters. The van der Waals surface area contributed by atoms with E-state index in [1.807, 2.05) is 12.1 Å². The van der Waals surface area contributed by atoms with E-state index in [0.29, 0.717) is 11.8 Å².